The maximum absolute atomic E-state index is 14.5. The highest BCUT2D eigenvalue weighted by atomic mass is 31.2. The third-order valence-electron chi connectivity index (χ3n) is 5.08. The van der Waals surface area contributed by atoms with Crippen LogP contribution in [0.5, 0.6) is 5.75 Å². The van der Waals surface area contributed by atoms with Gasteiger partial charge in [0, 0.05) is 12.4 Å². The zero-order chi connectivity index (χ0) is 22.1. The van der Waals surface area contributed by atoms with Gasteiger partial charge in [-0.05, 0) is 42.3 Å². The highest BCUT2D eigenvalue weighted by molar-refractivity contribution is 7.67. The van der Waals surface area contributed by atoms with Crippen LogP contribution in [0.15, 0.2) is 84.9 Å². The molecule has 0 amide bonds. The van der Waals surface area contributed by atoms with Gasteiger partial charge in [0.25, 0.3) is 7.37 Å². The largest absolute Gasteiger partial charge is 0.497 e. The third-order valence-corrected chi connectivity index (χ3v) is 7.87. The van der Waals surface area contributed by atoms with Crippen LogP contribution in [0.25, 0.3) is 0 Å². The van der Waals surface area contributed by atoms with E-state index in [9.17, 15) is 4.57 Å². The standard InChI is InChI=1S/C25H30NO4P/c1-4-30-31(27,23-16-9-6-10-17-23)25(21-14-11-15-22(18-21)29-3)26-24(19-28-2)20-12-7-5-8-13-20/h5-18,24-26H,4,19H2,1-3H3/t24-,25?,31?/m1/s1. The zero-order valence-corrected chi connectivity index (χ0v) is 19.1. The Morgan fingerprint density at radius 1 is 0.871 bits per heavy atom. The first-order chi connectivity index (χ1) is 15.1. The molecule has 0 spiro atoms. The molecule has 0 fully saturated rings. The number of hydrogen-bond acceptors (Lipinski definition) is 5. The van der Waals surface area contributed by atoms with Crippen LogP contribution in [0, 0.1) is 0 Å². The van der Waals surface area contributed by atoms with Crippen molar-refractivity contribution in [3.8, 4) is 5.75 Å². The predicted molar refractivity (Wildman–Crippen MR) is 125 cm³/mol. The number of ether oxygens (including phenoxy) is 2. The van der Waals surface area contributed by atoms with Gasteiger partial charge in [-0.1, -0.05) is 60.7 Å². The predicted octanol–water partition coefficient (Wildman–Crippen LogP) is 5.31. The minimum absolute atomic E-state index is 0.181. The lowest BCUT2D eigenvalue weighted by Gasteiger charge is -2.32. The van der Waals surface area contributed by atoms with E-state index >= 15 is 0 Å². The van der Waals surface area contributed by atoms with Crippen molar-refractivity contribution in [1.82, 2.24) is 5.32 Å². The number of benzene rings is 3. The second-order valence-corrected chi connectivity index (χ2v) is 9.60. The van der Waals surface area contributed by atoms with Gasteiger partial charge in [0.15, 0.2) is 0 Å². The Morgan fingerprint density at radius 3 is 2.13 bits per heavy atom. The first-order valence-corrected chi connectivity index (χ1v) is 12.1. The molecular weight excluding hydrogens is 409 g/mol. The number of nitrogens with one attached hydrogen (secondary N) is 1. The van der Waals surface area contributed by atoms with Crippen LogP contribution in [-0.4, -0.2) is 27.4 Å². The van der Waals surface area contributed by atoms with Gasteiger partial charge in [0.1, 0.15) is 11.5 Å². The van der Waals surface area contributed by atoms with E-state index in [1.165, 1.54) is 0 Å². The lowest BCUT2D eigenvalue weighted by atomic mass is 10.1. The molecule has 2 unspecified atom stereocenters. The van der Waals surface area contributed by atoms with Crippen LogP contribution in [0.4, 0.5) is 0 Å². The summed E-state index contributed by atoms with van der Waals surface area (Å²) in [5.41, 5.74) is 1.88. The molecule has 164 valence electrons. The Morgan fingerprint density at radius 2 is 1.52 bits per heavy atom. The summed E-state index contributed by atoms with van der Waals surface area (Å²) in [5, 5.41) is 4.26. The van der Waals surface area contributed by atoms with Crippen molar-refractivity contribution in [3.63, 3.8) is 0 Å². The first kappa shape index (κ1) is 23.2. The summed E-state index contributed by atoms with van der Waals surface area (Å²) in [6, 6.07) is 26.9. The van der Waals surface area contributed by atoms with E-state index < -0.39 is 13.2 Å². The van der Waals surface area contributed by atoms with E-state index in [-0.39, 0.29) is 6.04 Å². The molecule has 0 aliphatic heterocycles. The van der Waals surface area contributed by atoms with E-state index in [2.05, 4.69) is 5.32 Å². The maximum atomic E-state index is 14.5. The summed E-state index contributed by atoms with van der Waals surface area (Å²) >= 11 is 0. The van der Waals surface area contributed by atoms with Gasteiger partial charge in [0.2, 0.25) is 0 Å². The fourth-order valence-electron chi connectivity index (χ4n) is 3.61. The van der Waals surface area contributed by atoms with E-state index in [1.807, 2.05) is 91.9 Å². The van der Waals surface area contributed by atoms with Gasteiger partial charge in [-0.2, -0.15) is 0 Å². The summed E-state index contributed by atoms with van der Waals surface area (Å²) in [6.45, 7) is 2.61. The molecule has 3 aromatic carbocycles. The molecule has 0 heterocycles. The molecule has 6 heteroatoms. The Labute approximate surface area is 184 Å². The normalized spacial score (nSPS) is 15.1. The number of rotatable bonds is 11. The van der Waals surface area contributed by atoms with Gasteiger partial charge in [-0.15, -0.1) is 0 Å². The topological polar surface area (TPSA) is 56.8 Å². The third kappa shape index (κ3) is 5.63. The summed E-state index contributed by atoms with van der Waals surface area (Å²) < 4.78 is 31.5. The van der Waals surface area contributed by atoms with Crippen molar-refractivity contribution in [2.24, 2.45) is 0 Å². The zero-order valence-electron chi connectivity index (χ0n) is 18.2. The fourth-order valence-corrected chi connectivity index (χ4v) is 6.11. The van der Waals surface area contributed by atoms with Gasteiger partial charge in [-0.3, -0.25) is 9.88 Å². The average molecular weight is 439 g/mol. The second kappa shape index (κ2) is 11.3. The molecule has 3 aromatic rings. The molecule has 0 radical (unpaired) electrons. The minimum atomic E-state index is -3.35. The first-order valence-electron chi connectivity index (χ1n) is 10.4. The van der Waals surface area contributed by atoms with Crippen molar-refractivity contribution < 1.29 is 18.6 Å². The minimum Gasteiger partial charge on any atom is -0.497 e. The molecule has 3 rings (SSSR count). The molecule has 0 saturated heterocycles. The smallest absolute Gasteiger partial charge is 0.252 e. The van der Waals surface area contributed by atoms with Crippen molar-refractivity contribution in [1.29, 1.82) is 0 Å². The van der Waals surface area contributed by atoms with Crippen molar-refractivity contribution in [2.45, 2.75) is 18.7 Å². The molecule has 31 heavy (non-hydrogen) atoms. The number of hydrogen-bond donors (Lipinski definition) is 1. The van der Waals surface area contributed by atoms with Crippen LogP contribution >= 0.6 is 7.37 Å². The molecule has 0 aliphatic rings. The lowest BCUT2D eigenvalue weighted by Crippen LogP contribution is -2.32. The van der Waals surface area contributed by atoms with Crippen molar-refractivity contribution >= 4 is 12.7 Å². The van der Waals surface area contributed by atoms with Gasteiger partial charge < -0.3 is 14.0 Å². The summed E-state index contributed by atoms with van der Waals surface area (Å²) in [5.74, 6) is 0.105. The quantitative estimate of drug-likeness (QED) is 0.410. The highest BCUT2D eigenvalue weighted by Gasteiger charge is 2.39. The lowest BCUT2D eigenvalue weighted by molar-refractivity contribution is 0.164. The van der Waals surface area contributed by atoms with E-state index in [1.54, 1.807) is 14.2 Å². The average Bonchev–Trinajstić information content (AvgIpc) is 2.83. The van der Waals surface area contributed by atoms with Crippen molar-refractivity contribution in [3.05, 3.63) is 96.1 Å². The molecule has 0 aliphatic carbocycles. The van der Waals surface area contributed by atoms with Crippen LogP contribution in [0.1, 0.15) is 29.9 Å². The van der Waals surface area contributed by atoms with Crippen LogP contribution < -0.4 is 15.4 Å². The molecule has 0 saturated carbocycles. The van der Waals surface area contributed by atoms with E-state index in [0.717, 1.165) is 11.1 Å². The maximum Gasteiger partial charge on any atom is 0.252 e. The number of methoxy groups -OCH3 is 2. The van der Waals surface area contributed by atoms with Gasteiger partial charge in [0.05, 0.1) is 26.4 Å². The Kier molecular flexibility index (Phi) is 8.44. The van der Waals surface area contributed by atoms with Crippen LogP contribution in [0.2, 0.25) is 0 Å². The molecule has 0 bridgehead atoms. The molecular formula is C25H30NO4P. The highest BCUT2D eigenvalue weighted by Crippen LogP contribution is 2.58. The molecule has 0 aromatic heterocycles. The molecule has 5 nitrogen and oxygen atoms in total. The van der Waals surface area contributed by atoms with E-state index in [4.69, 9.17) is 14.0 Å². The van der Waals surface area contributed by atoms with Gasteiger partial charge >= 0.3 is 0 Å². The molecule has 1 N–H and O–H groups in total. The van der Waals surface area contributed by atoms with E-state index in [0.29, 0.717) is 24.3 Å². The van der Waals surface area contributed by atoms with Gasteiger partial charge in [-0.25, -0.2) is 0 Å². The monoisotopic (exact) mass is 439 g/mol. The van der Waals surface area contributed by atoms with Crippen LogP contribution in [0.3, 0.4) is 0 Å². The summed E-state index contributed by atoms with van der Waals surface area (Å²) in [7, 11) is -0.0665. The Hall–Kier alpha value is -2.43. The second-order valence-electron chi connectivity index (χ2n) is 7.11. The Balaban J connectivity index is 2.12. The van der Waals surface area contributed by atoms with Crippen molar-refractivity contribution in [2.75, 3.05) is 27.4 Å². The fraction of sp³-hybridized carbons (Fsp3) is 0.280. The summed E-state index contributed by atoms with van der Waals surface area (Å²) in [6.07, 6.45) is 0. The SMILES string of the molecule is CCOP(=O)(c1ccccc1)C(N[C@H](COC)c1ccccc1)c1cccc(OC)c1. The summed E-state index contributed by atoms with van der Waals surface area (Å²) in [4.78, 5) is 0. The van der Waals surface area contributed by atoms with Crippen LogP contribution in [-0.2, 0) is 13.8 Å². The Bertz CT molecular complexity index is 981. The molecule has 3 atom stereocenters.